The Morgan fingerprint density at radius 2 is 1.93 bits per heavy atom. The SMILES string of the molecule is COc1ccc(C(OC)C(Cn2ccnc2)OCCCCC(C)(C)C(=O)O)cc1. The van der Waals surface area contributed by atoms with Crippen molar-refractivity contribution in [2.45, 2.75) is 51.9 Å². The fourth-order valence-corrected chi connectivity index (χ4v) is 3.15. The van der Waals surface area contributed by atoms with Crippen LogP contribution < -0.4 is 4.74 Å². The number of benzene rings is 1. The Hall–Kier alpha value is -2.38. The number of hydrogen-bond donors (Lipinski definition) is 1. The number of nitrogens with zero attached hydrogens (tertiary/aromatic N) is 2. The Bertz CT molecular complexity index is 728. The molecule has 0 saturated carbocycles. The highest BCUT2D eigenvalue weighted by atomic mass is 16.5. The summed E-state index contributed by atoms with van der Waals surface area (Å²) < 4.78 is 19.2. The van der Waals surface area contributed by atoms with Crippen molar-refractivity contribution in [3.8, 4) is 5.75 Å². The molecule has 0 radical (unpaired) electrons. The predicted molar refractivity (Wildman–Crippen MR) is 110 cm³/mol. The van der Waals surface area contributed by atoms with Gasteiger partial charge in [-0.15, -0.1) is 0 Å². The van der Waals surface area contributed by atoms with E-state index in [1.807, 2.05) is 35.0 Å². The zero-order valence-corrected chi connectivity index (χ0v) is 17.7. The number of carbonyl (C=O) groups is 1. The van der Waals surface area contributed by atoms with Crippen LogP contribution in [0.25, 0.3) is 0 Å². The Morgan fingerprint density at radius 1 is 1.21 bits per heavy atom. The van der Waals surface area contributed by atoms with Gasteiger partial charge in [0.2, 0.25) is 0 Å². The zero-order valence-electron chi connectivity index (χ0n) is 17.7. The largest absolute Gasteiger partial charge is 0.497 e. The molecule has 0 bridgehead atoms. The topological polar surface area (TPSA) is 82.8 Å². The lowest BCUT2D eigenvalue weighted by atomic mass is 9.87. The number of carboxylic acids is 1. The van der Waals surface area contributed by atoms with E-state index in [0.717, 1.165) is 24.2 Å². The fraction of sp³-hybridized carbons (Fsp3) is 0.545. The summed E-state index contributed by atoms with van der Waals surface area (Å²) >= 11 is 0. The van der Waals surface area contributed by atoms with Crippen LogP contribution in [-0.2, 0) is 20.8 Å². The Morgan fingerprint density at radius 3 is 2.48 bits per heavy atom. The van der Waals surface area contributed by atoms with Crippen LogP contribution in [0.4, 0.5) is 0 Å². The molecular formula is C22H32N2O5. The van der Waals surface area contributed by atoms with Crippen LogP contribution in [0.1, 0.15) is 44.8 Å². The Balaban J connectivity index is 2.00. The van der Waals surface area contributed by atoms with Crippen molar-refractivity contribution in [3.63, 3.8) is 0 Å². The van der Waals surface area contributed by atoms with E-state index in [4.69, 9.17) is 14.2 Å². The molecule has 1 heterocycles. The van der Waals surface area contributed by atoms with E-state index in [1.165, 1.54) is 0 Å². The summed E-state index contributed by atoms with van der Waals surface area (Å²) in [4.78, 5) is 15.3. The van der Waals surface area contributed by atoms with Gasteiger partial charge in [-0.05, 0) is 44.4 Å². The number of carboxylic acid groups (broad SMARTS) is 1. The fourth-order valence-electron chi connectivity index (χ4n) is 3.15. The van der Waals surface area contributed by atoms with Gasteiger partial charge in [0.25, 0.3) is 0 Å². The third-order valence-electron chi connectivity index (χ3n) is 5.09. The maximum Gasteiger partial charge on any atom is 0.309 e. The molecule has 0 spiro atoms. The molecule has 0 fully saturated rings. The van der Waals surface area contributed by atoms with Crippen LogP contribution >= 0.6 is 0 Å². The van der Waals surface area contributed by atoms with Gasteiger partial charge in [-0.3, -0.25) is 4.79 Å². The number of hydrogen-bond acceptors (Lipinski definition) is 5. The van der Waals surface area contributed by atoms with Crippen molar-refractivity contribution < 1.29 is 24.1 Å². The highest BCUT2D eigenvalue weighted by Gasteiger charge is 2.27. The normalized spacial score (nSPS) is 13.8. The number of methoxy groups -OCH3 is 2. The number of rotatable bonds is 13. The summed E-state index contributed by atoms with van der Waals surface area (Å²) in [5.74, 6) is 0.0204. The van der Waals surface area contributed by atoms with E-state index < -0.39 is 11.4 Å². The quantitative estimate of drug-likeness (QED) is 0.509. The van der Waals surface area contributed by atoms with Crippen molar-refractivity contribution in [2.75, 3.05) is 20.8 Å². The van der Waals surface area contributed by atoms with Crippen LogP contribution in [0.3, 0.4) is 0 Å². The second-order valence-electron chi connectivity index (χ2n) is 7.74. The molecule has 0 aliphatic rings. The molecule has 0 saturated heterocycles. The lowest BCUT2D eigenvalue weighted by Gasteiger charge is -2.27. The monoisotopic (exact) mass is 404 g/mol. The smallest absolute Gasteiger partial charge is 0.309 e. The molecule has 2 atom stereocenters. The number of aliphatic carboxylic acids is 1. The first kappa shape index (κ1) is 22.9. The molecule has 2 unspecified atom stereocenters. The lowest BCUT2D eigenvalue weighted by Crippen LogP contribution is -2.29. The van der Waals surface area contributed by atoms with Crippen molar-refractivity contribution in [1.82, 2.24) is 9.55 Å². The summed E-state index contributed by atoms with van der Waals surface area (Å²) in [6, 6.07) is 7.77. The highest BCUT2D eigenvalue weighted by molar-refractivity contribution is 5.73. The predicted octanol–water partition coefficient (Wildman–Crippen LogP) is 3.95. The molecule has 2 aromatic rings. The van der Waals surface area contributed by atoms with E-state index in [1.54, 1.807) is 40.6 Å². The van der Waals surface area contributed by atoms with Gasteiger partial charge in [0.15, 0.2) is 0 Å². The standard InChI is InChI=1S/C22H32N2O5/c1-22(2,21(25)26)11-5-6-14-29-19(15-24-13-12-23-16-24)20(28-4)17-7-9-18(27-3)10-8-17/h7-10,12-13,16,19-20H,5-6,11,14-15H2,1-4H3,(H,25,26). The molecule has 0 aliphatic heterocycles. The Kier molecular flexibility index (Phi) is 8.67. The lowest BCUT2D eigenvalue weighted by molar-refractivity contribution is -0.147. The number of unbranched alkanes of at least 4 members (excludes halogenated alkanes) is 1. The minimum absolute atomic E-state index is 0.213. The van der Waals surface area contributed by atoms with Crippen LogP contribution in [0.5, 0.6) is 5.75 Å². The van der Waals surface area contributed by atoms with Gasteiger partial charge in [0.05, 0.1) is 25.4 Å². The summed E-state index contributed by atoms with van der Waals surface area (Å²) in [5, 5.41) is 9.23. The number of aromatic nitrogens is 2. The van der Waals surface area contributed by atoms with Gasteiger partial charge in [0.1, 0.15) is 18.0 Å². The first-order chi connectivity index (χ1) is 13.9. The van der Waals surface area contributed by atoms with Crippen molar-refractivity contribution in [1.29, 1.82) is 0 Å². The second-order valence-corrected chi connectivity index (χ2v) is 7.74. The molecule has 7 heteroatoms. The molecule has 0 amide bonds. The summed E-state index contributed by atoms with van der Waals surface area (Å²) in [6.07, 6.45) is 7.12. The van der Waals surface area contributed by atoms with Gasteiger partial charge in [-0.2, -0.15) is 0 Å². The first-order valence-corrected chi connectivity index (χ1v) is 9.85. The maximum absolute atomic E-state index is 11.2. The zero-order chi connectivity index (χ0) is 21.3. The van der Waals surface area contributed by atoms with Gasteiger partial charge in [-0.1, -0.05) is 18.6 Å². The van der Waals surface area contributed by atoms with Crippen LogP contribution in [0.15, 0.2) is 43.0 Å². The number of imidazole rings is 1. The molecule has 2 rings (SSSR count). The molecular weight excluding hydrogens is 372 g/mol. The molecule has 1 aromatic heterocycles. The Labute approximate surface area is 172 Å². The third kappa shape index (κ3) is 6.87. The van der Waals surface area contributed by atoms with E-state index in [2.05, 4.69) is 4.98 Å². The van der Waals surface area contributed by atoms with Crippen LogP contribution in [0, 0.1) is 5.41 Å². The highest BCUT2D eigenvalue weighted by Crippen LogP contribution is 2.27. The van der Waals surface area contributed by atoms with E-state index in [0.29, 0.717) is 19.6 Å². The van der Waals surface area contributed by atoms with Crippen molar-refractivity contribution in [2.24, 2.45) is 5.41 Å². The first-order valence-electron chi connectivity index (χ1n) is 9.85. The average molecular weight is 405 g/mol. The maximum atomic E-state index is 11.2. The van der Waals surface area contributed by atoms with E-state index in [-0.39, 0.29) is 12.2 Å². The molecule has 0 aliphatic carbocycles. The van der Waals surface area contributed by atoms with Gasteiger partial charge >= 0.3 is 5.97 Å². The van der Waals surface area contributed by atoms with E-state index >= 15 is 0 Å². The second kappa shape index (κ2) is 11.0. The summed E-state index contributed by atoms with van der Waals surface area (Å²) in [6.45, 7) is 4.64. The minimum atomic E-state index is -0.768. The molecule has 7 nitrogen and oxygen atoms in total. The average Bonchev–Trinajstić information content (AvgIpc) is 3.21. The molecule has 160 valence electrons. The number of ether oxygens (including phenoxy) is 3. The van der Waals surface area contributed by atoms with E-state index in [9.17, 15) is 9.90 Å². The summed E-state index contributed by atoms with van der Waals surface area (Å²) in [5.41, 5.74) is 0.291. The van der Waals surface area contributed by atoms with Crippen LogP contribution in [0.2, 0.25) is 0 Å². The molecule has 1 N–H and O–H groups in total. The minimum Gasteiger partial charge on any atom is -0.497 e. The third-order valence-corrected chi connectivity index (χ3v) is 5.09. The molecule has 29 heavy (non-hydrogen) atoms. The van der Waals surface area contributed by atoms with Crippen LogP contribution in [-0.4, -0.2) is 47.6 Å². The van der Waals surface area contributed by atoms with Gasteiger partial charge in [-0.25, -0.2) is 4.98 Å². The van der Waals surface area contributed by atoms with Crippen molar-refractivity contribution in [3.05, 3.63) is 48.5 Å². The van der Waals surface area contributed by atoms with Gasteiger partial charge < -0.3 is 23.9 Å². The summed E-state index contributed by atoms with van der Waals surface area (Å²) in [7, 11) is 3.31. The molecule has 1 aromatic carbocycles. The van der Waals surface area contributed by atoms with Gasteiger partial charge in [0, 0.05) is 26.1 Å². The van der Waals surface area contributed by atoms with Crippen molar-refractivity contribution >= 4 is 5.97 Å².